The highest BCUT2D eigenvalue weighted by Crippen LogP contribution is 2.20. The molecule has 0 spiro atoms. The van der Waals surface area contributed by atoms with Crippen LogP contribution in [0.2, 0.25) is 0 Å². The SMILES string of the molecule is COc1ccc(-n2c(=O)n(OCc3ccccc3)c(=O)c3cc(F)c(F)cc32)cc1. The highest BCUT2D eigenvalue weighted by atomic mass is 19.2. The molecule has 0 amide bonds. The molecule has 6 nitrogen and oxygen atoms in total. The van der Waals surface area contributed by atoms with Gasteiger partial charge in [-0.25, -0.2) is 13.6 Å². The van der Waals surface area contributed by atoms with Gasteiger partial charge in [-0.3, -0.25) is 9.36 Å². The largest absolute Gasteiger partial charge is 0.497 e. The van der Waals surface area contributed by atoms with E-state index in [2.05, 4.69) is 0 Å². The van der Waals surface area contributed by atoms with E-state index < -0.39 is 22.9 Å². The molecular formula is C22H16F2N2O4. The van der Waals surface area contributed by atoms with E-state index in [-0.39, 0.29) is 17.5 Å². The van der Waals surface area contributed by atoms with Gasteiger partial charge in [-0.15, -0.1) is 0 Å². The molecule has 0 aliphatic heterocycles. The van der Waals surface area contributed by atoms with Crippen LogP contribution in [0.25, 0.3) is 16.6 Å². The van der Waals surface area contributed by atoms with Crippen molar-refractivity contribution in [3.8, 4) is 11.4 Å². The van der Waals surface area contributed by atoms with E-state index in [1.165, 1.54) is 7.11 Å². The summed E-state index contributed by atoms with van der Waals surface area (Å²) >= 11 is 0. The first-order valence-electron chi connectivity index (χ1n) is 8.98. The zero-order valence-corrected chi connectivity index (χ0v) is 15.8. The highest BCUT2D eigenvalue weighted by molar-refractivity contribution is 5.80. The fourth-order valence-electron chi connectivity index (χ4n) is 3.09. The molecule has 30 heavy (non-hydrogen) atoms. The van der Waals surface area contributed by atoms with E-state index in [4.69, 9.17) is 9.57 Å². The summed E-state index contributed by atoms with van der Waals surface area (Å²) in [5.74, 6) is -1.83. The predicted molar refractivity (Wildman–Crippen MR) is 107 cm³/mol. The monoisotopic (exact) mass is 410 g/mol. The van der Waals surface area contributed by atoms with E-state index in [0.717, 1.165) is 22.3 Å². The number of fused-ring (bicyclic) bond motifs is 1. The number of hydrogen-bond acceptors (Lipinski definition) is 4. The first-order chi connectivity index (χ1) is 14.5. The van der Waals surface area contributed by atoms with Crippen molar-refractivity contribution in [2.75, 3.05) is 7.11 Å². The van der Waals surface area contributed by atoms with Gasteiger partial charge < -0.3 is 9.57 Å². The molecule has 8 heteroatoms. The van der Waals surface area contributed by atoms with E-state index in [9.17, 15) is 18.4 Å². The van der Waals surface area contributed by atoms with Crippen molar-refractivity contribution in [2.45, 2.75) is 6.61 Å². The lowest BCUT2D eigenvalue weighted by Crippen LogP contribution is -2.43. The Hall–Kier alpha value is -3.94. The summed E-state index contributed by atoms with van der Waals surface area (Å²) in [6.45, 7) is -0.0617. The van der Waals surface area contributed by atoms with E-state index in [0.29, 0.717) is 16.2 Å². The second-order valence-electron chi connectivity index (χ2n) is 6.46. The van der Waals surface area contributed by atoms with Crippen LogP contribution in [0.4, 0.5) is 8.78 Å². The zero-order valence-electron chi connectivity index (χ0n) is 15.8. The second kappa shape index (κ2) is 7.82. The molecule has 0 atom stereocenters. The molecule has 3 aromatic carbocycles. The summed E-state index contributed by atoms with van der Waals surface area (Å²) in [4.78, 5) is 31.4. The Labute approximate surface area is 169 Å². The van der Waals surface area contributed by atoms with Gasteiger partial charge in [-0.1, -0.05) is 35.1 Å². The standard InChI is InChI=1S/C22H16F2N2O4/c1-29-16-9-7-15(8-10-16)25-20-12-19(24)18(23)11-17(20)21(27)26(22(25)28)30-13-14-5-3-2-4-6-14/h2-12H,13H2,1H3. The van der Waals surface area contributed by atoms with Crippen molar-refractivity contribution in [2.24, 2.45) is 0 Å². The van der Waals surface area contributed by atoms with Crippen LogP contribution < -0.4 is 20.8 Å². The summed E-state index contributed by atoms with van der Waals surface area (Å²) in [5, 5.41) is -0.197. The lowest BCUT2D eigenvalue weighted by Gasteiger charge is -2.15. The highest BCUT2D eigenvalue weighted by Gasteiger charge is 2.18. The van der Waals surface area contributed by atoms with Gasteiger partial charge >= 0.3 is 5.69 Å². The minimum Gasteiger partial charge on any atom is -0.497 e. The summed E-state index contributed by atoms with van der Waals surface area (Å²) in [6.07, 6.45) is 0. The average Bonchev–Trinajstić information content (AvgIpc) is 2.76. The molecule has 152 valence electrons. The van der Waals surface area contributed by atoms with Crippen LogP contribution in [0.15, 0.2) is 76.3 Å². The van der Waals surface area contributed by atoms with Crippen LogP contribution in [0.3, 0.4) is 0 Å². The minimum absolute atomic E-state index is 0.0617. The third-order valence-electron chi connectivity index (χ3n) is 4.59. The molecule has 0 bridgehead atoms. The fraction of sp³-hybridized carbons (Fsp3) is 0.0909. The Morgan fingerprint density at radius 1 is 0.900 bits per heavy atom. The average molecular weight is 410 g/mol. The third-order valence-corrected chi connectivity index (χ3v) is 4.59. The summed E-state index contributed by atoms with van der Waals surface area (Å²) in [5.41, 5.74) is -0.748. The molecule has 0 N–H and O–H groups in total. The molecule has 4 aromatic rings. The quantitative estimate of drug-likeness (QED) is 0.507. The van der Waals surface area contributed by atoms with Gasteiger partial charge in [-0.2, -0.15) is 0 Å². The molecule has 0 aliphatic rings. The number of nitrogens with zero attached hydrogens (tertiary/aromatic N) is 2. The topological polar surface area (TPSA) is 62.5 Å². The van der Waals surface area contributed by atoms with Gasteiger partial charge in [0.25, 0.3) is 5.56 Å². The van der Waals surface area contributed by atoms with Gasteiger partial charge in [0.05, 0.1) is 23.7 Å². The normalized spacial score (nSPS) is 10.9. The molecule has 0 unspecified atom stereocenters. The van der Waals surface area contributed by atoms with Crippen molar-refractivity contribution in [3.05, 3.63) is 105 Å². The predicted octanol–water partition coefficient (Wildman–Crippen LogP) is 3.07. The van der Waals surface area contributed by atoms with Crippen LogP contribution in [-0.4, -0.2) is 16.4 Å². The van der Waals surface area contributed by atoms with Crippen LogP contribution in [0.5, 0.6) is 5.75 Å². The van der Waals surface area contributed by atoms with Crippen molar-refractivity contribution in [1.82, 2.24) is 9.30 Å². The smallest absolute Gasteiger partial charge is 0.369 e. The van der Waals surface area contributed by atoms with Gasteiger partial charge in [0.2, 0.25) is 0 Å². The number of halogens is 2. The van der Waals surface area contributed by atoms with Crippen molar-refractivity contribution < 1.29 is 18.4 Å². The lowest BCUT2D eigenvalue weighted by atomic mass is 10.2. The van der Waals surface area contributed by atoms with Crippen LogP contribution in [0, 0.1) is 11.6 Å². The molecule has 1 aromatic heterocycles. The van der Waals surface area contributed by atoms with Crippen LogP contribution in [0.1, 0.15) is 5.56 Å². The molecular weight excluding hydrogens is 394 g/mol. The Morgan fingerprint density at radius 2 is 1.57 bits per heavy atom. The third kappa shape index (κ3) is 3.43. The number of ether oxygens (including phenoxy) is 1. The van der Waals surface area contributed by atoms with E-state index in [1.807, 2.05) is 6.07 Å². The maximum absolute atomic E-state index is 13.9. The van der Waals surface area contributed by atoms with Crippen LogP contribution >= 0.6 is 0 Å². The van der Waals surface area contributed by atoms with Gasteiger partial charge in [0, 0.05) is 6.07 Å². The summed E-state index contributed by atoms with van der Waals surface area (Å²) < 4.78 is 34.6. The zero-order chi connectivity index (χ0) is 21.3. The number of methoxy groups -OCH3 is 1. The van der Waals surface area contributed by atoms with E-state index in [1.54, 1.807) is 48.5 Å². The van der Waals surface area contributed by atoms with E-state index >= 15 is 0 Å². The molecule has 0 saturated heterocycles. The van der Waals surface area contributed by atoms with Crippen molar-refractivity contribution in [1.29, 1.82) is 0 Å². The molecule has 0 aliphatic carbocycles. The number of benzene rings is 3. The van der Waals surface area contributed by atoms with Gasteiger partial charge in [0.15, 0.2) is 11.6 Å². The Kier molecular flexibility index (Phi) is 5.05. The Balaban J connectivity index is 1.94. The minimum atomic E-state index is -1.20. The molecule has 0 saturated carbocycles. The first kappa shape index (κ1) is 19.4. The Bertz CT molecular complexity index is 1330. The molecule has 0 radical (unpaired) electrons. The number of hydrogen-bond donors (Lipinski definition) is 0. The molecule has 1 heterocycles. The second-order valence-corrected chi connectivity index (χ2v) is 6.46. The summed E-state index contributed by atoms with van der Waals surface area (Å²) in [6, 6.07) is 16.8. The van der Waals surface area contributed by atoms with Gasteiger partial charge in [0.1, 0.15) is 12.4 Å². The fourth-order valence-corrected chi connectivity index (χ4v) is 3.09. The van der Waals surface area contributed by atoms with Crippen molar-refractivity contribution in [3.63, 3.8) is 0 Å². The number of rotatable bonds is 5. The Morgan fingerprint density at radius 3 is 2.23 bits per heavy atom. The summed E-state index contributed by atoms with van der Waals surface area (Å²) in [7, 11) is 1.49. The van der Waals surface area contributed by atoms with Crippen molar-refractivity contribution >= 4 is 10.9 Å². The maximum Gasteiger partial charge on any atom is 0.369 e. The maximum atomic E-state index is 13.9. The number of aromatic nitrogens is 2. The van der Waals surface area contributed by atoms with Crippen LogP contribution in [-0.2, 0) is 6.61 Å². The lowest BCUT2D eigenvalue weighted by molar-refractivity contribution is 0.0789. The molecule has 4 rings (SSSR count). The van der Waals surface area contributed by atoms with Gasteiger partial charge in [-0.05, 0) is 35.9 Å². The molecule has 0 fully saturated rings. The first-order valence-corrected chi connectivity index (χ1v) is 8.98.